The van der Waals surface area contributed by atoms with Crippen LogP contribution >= 0.6 is 46.0 Å². The highest BCUT2D eigenvalue weighted by Crippen LogP contribution is 2.22. The average Bonchev–Trinajstić information content (AvgIpc) is 2.49. The maximum atomic E-state index is 5.92. The lowest BCUT2D eigenvalue weighted by Gasteiger charge is -2.17. The van der Waals surface area contributed by atoms with Crippen molar-refractivity contribution in [3.63, 3.8) is 0 Å². The molecule has 0 spiro atoms. The van der Waals surface area contributed by atoms with Crippen LogP contribution in [0.3, 0.4) is 0 Å². The molecular weight excluding hydrogens is 413 g/mol. The van der Waals surface area contributed by atoms with Gasteiger partial charge in [-0.2, -0.15) is 0 Å². The molecule has 1 unspecified atom stereocenters. The molecule has 0 amide bonds. The third kappa shape index (κ3) is 6.19. The molecule has 0 aromatic heterocycles. The molecule has 112 valence electrons. The maximum Gasteiger partial charge on any atom is 0.0406 e. The molecule has 2 aromatic carbocycles. The third-order valence-corrected chi connectivity index (χ3v) is 5.30. The van der Waals surface area contributed by atoms with E-state index in [1.807, 2.05) is 23.9 Å². The van der Waals surface area contributed by atoms with E-state index in [1.165, 1.54) is 14.0 Å². The lowest BCUT2D eigenvalue weighted by molar-refractivity contribution is 0.572. The fourth-order valence-electron chi connectivity index (χ4n) is 2.11. The molecule has 0 heterocycles. The van der Waals surface area contributed by atoms with E-state index in [1.54, 1.807) is 0 Å². The van der Waals surface area contributed by atoms with Crippen LogP contribution < -0.4 is 5.32 Å². The van der Waals surface area contributed by atoms with Crippen LogP contribution in [0.25, 0.3) is 0 Å². The van der Waals surface area contributed by atoms with Gasteiger partial charge in [-0.05, 0) is 77.5 Å². The summed E-state index contributed by atoms with van der Waals surface area (Å²) < 4.78 is 1.28. The van der Waals surface area contributed by atoms with Gasteiger partial charge in [-0.1, -0.05) is 30.7 Å². The third-order valence-electron chi connectivity index (χ3n) is 3.15. The molecule has 4 heteroatoms. The standard InChI is InChI=1S/C17H19ClINS/c1-2-20-16(11-13-3-7-15(19)8-4-13)12-21-17-9-5-14(18)6-10-17/h3-10,16,20H,2,11-12H2,1H3. The van der Waals surface area contributed by atoms with Gasteiger partial charge in [0.05, 0.1) is 0 Å². The predicted molar refractivity (Wildman–Crippen MR) is 103 cm³/mol. The second-order valence-corrected chi connectivity index (χ2v) is 7.63. The number of rotatable bonds is 7. The van der Waals surface area contributed by atoms with Crippen LogP contribution in [-0.4, -0.2) is 18.3 Å². The Morgan fingerprint density at radius 3 is 2.38 bits per heavy atom. The minimum absolute atomic E-state index is 0.482. The largest absolute Gasteiger partial charge is 0.313 e. The Morgan fingerprint density at radius 2 is 1.76 bits per heavy atom. The van der Waals surface area contributed by atoms with Crippen LogP contribution in [0.1, 0.15) is 12.5 Å². The van der Waals surface area contributed by atoms with Crippen molar-refractivity contribution < 1.29 is 0 Å². The molecular formula is C17H19ClINS. The molecule has 1 atom stereocenters. The van der Waals surface area contributed by atoms with Gasteiger partial charge in [0, 0.05) is 25.3 Å². The summed E-state index contributed by atoms with van der Waals surface area (Å²) in [7, 11) is 0. The summed E-state index contributed by atoms with van der Waals surface area (Å²) in [6.45, 7) is 3.16. The summed E-state index contributed by atoms with van der Waals surface area (Å²) in [5, 5.41) is 4.37. The van der Waals surface area contributed by atoms with Crippen molar-refractivity contribution in [2.75, 3.05) is 12.3 Å². The van der Waals surface area contributed by atoms with Crippen LogP contribution in [0.2, 0.25) is 5.02 Å². The number of hydrogen-bond acceptors (Lipinski definition) is 2. The van der Waals surface area contributed by atoms with Gasteiger partial charge in [-0.25, -0.2) is 0 Å². The summed E-state index contributed by atoms with van der Waals surface area (Å²) >= 11 is 10.1. The summed E-state index contributed by atoms with van der Waals surface area (Å²) in [6, 6.07) is 17.3. The Kier molecular flexibility index (Phi) is 7.37. The van der Waals surface area contributed by atoms with Gasteiger partial charge < -0.3 is 5.32 Å². The second kappa shape index (κ2) is 9.03. The van der Waals surface area contributed by atoms with Crippen LogP contribution in [0.15, 0.2) is 53.4 Å². The Hall–Kier alpha value is -0.230. The van der Waals surface area contributed by atoms with Crippen molar-refractivity contribution in [1.82, 2.24) is 5.32 Å². The molecule has 0 fully saturated rings. The molecule has 0 bridgehead atoms. The van der Waals surface area contributed by atoms with Crippen LogP contribution in [0.4, 0.5) is 0 Å². The van der Waals surface area contributed by atoms with Crippen LogP contribution in [0.5, 0.6) is 0 Å². The highest BCUT2D eigenvalue weighted by atomic mass is 127. The normalized spacial score (nSPS) is 12.3. The van der Waals surface area contributed by atoms with Crippen LogP contribution in [0, 0.1) is 3.57 Å². The second-order valence-electron chi connectivity index (χ2n) is 4.85. The quantitative estimate of drug-likeness (QED) is 0.474. The van der Waals surface area contributed by atoms with Gasteiger partial charge in [-0.15, -0.1) is 11.8 Å². The number of hydrogen-bond donors (Lipinski definition) is 1. The van der Waals surface area contributed by atoms with Gasteiger partial charge >= 0.3 is 0 Å². The van der Waals surface area contributed by atoms with E-state index in [4.69, 9.17) is 11.6 Å². The lowest BCUT2D eigenvalue weighted by Crippen LogP contribution is -2.33. The monoisotopic (exact) mass is 431 g/mol. The topological polar surface area (TPSA) is 12.0 Å². The van der Waals surface area contributed by atoms with Crippen molar-refractivity contribution >= 4 is 46.0 Å². The average molecular weight is 432 g/mol. The predicted octanol–water partition coefficient (Wildman–Crippen LogP) is 5.26. The molecule has 2 rings (SSSR count). The van der Waals surface area contributed by atoms with Gasteiger partial charge in [0.1, 0.15) is 0 Å². The van der Waals surface area contributed by atoms with E-state index in [0.29, 0.717) is 6.04 Å². The summed E-state index contributed by atoms with van der Waals surface area (Å²) in [5.74, 6) is 1.06. The van der Waals surface area contributed by atoms with E-state index in [0.717, 1.165) is 23.7 Å². The fraction of sp³-hybridized carbons (Fsp3) is 0.294. The maximum absolute atomic E-state index is 5.92. The van der Waals surface area contributed by atoms with Crippen molar-refractivity contribution in [2.24, 2.45) is 0 Å². The summed E-state index contributed by atoms with van der Waals surface area (Å²) in [4.78, 5) is 1.27. The van der Waals surface area contributed by atoms with Crippen molar-refractivity contribution in [3.8, 4) is 0 Å². The van der Waals surface area contributed by atoms with E-state index in [2.05, 4.69) is 71.2 Å². The Bertz CT molecular complexity index is 542. The molecule has 2 aromatic rings. The van der Waals surface area contributed by atoms with Crippen molar-refractivity contribution in [2.45, 2.75) is 24.3 Å². The van der Waals surface area contributed by atoms with E-state index < -0.39 is 0 Å². The fourth-order valence-corrected chi connectivity index (χ4v) is 3.55. The molecule has 0 aliphatic carbocycles. The van der Waals surface area contributed by atoms with Gasteiger partial charge in [0.2, 0.25) is 0 Å². The highest BCUT2D eigenvalue weighted by molar-refractivity contribution is 14.1. The van der Waals surface area contributed by atoms with Gasteiger partial charge in [0.25, 0.3) is 0 Å². The SMILES string of the molecule is CCNC(CSc1ccc(Cl)cc1)Cc1ccc(I)cc1. The van der Waals surface area contributed by atoms with Crippen molar-refractivity contribution in [3.05, 3.63) is 62.7 Å². The van der Waals surface area contributed by atoms with Crippen molar-refractivity contribution in [1.29, 1.82) is 0 Å². The Balaban J connectivity index is 1.92. The zero-order valence-corrected chi connectivity index (χ0v) is 15.7. The first kappa shape index (κ1) is 17.1. The van der Waals surface area contributed by atoms with Gasteiger partial charge in [0.15, 0.2) is 0 Å². The number of benzene rings is 2. The molecule has 0 aliphatic rings. The number of likely N-dealkylation sites (N-methyl/N-ethyl adjacent to an activating group) is 1. The smallest absolute Gasteiger partial charge is 0.0406 e. The summed E-state index contributed by atoms with van der Waals surface area (Å²) in [5.41, 5.74) is 1.39. The minimum atomic E-state index is 0.482. The van der Waals surface area contributed by atoms with Crippen LogP contribution in [-0.2, 0) is 6.42 Å². The molecule has 21 heavy (non-hydrogen) atoms. The molecule has 0 aliphatic heterocycles. The minimum Gasteiger partial charge on any atom is -0.313 e. The highest BCUT2D eigenvalue weighted by Gasteiger charge is 2.09. The zero-order valence-electron chi connectivity index (χ0n) is 12.0. The zero-order chi connectivity index (χ0) is 15.1. The lowest BCUT2D eigenvalue weighted by atomic mass is 10.1. The first-order chi connectivity index (χ1) is 10.2. The van der Waals surface area contributed by atoms with E-state index in [-0.39, 0.29) is 0 Å². The van der Waals surface area contributed by atoms with Gasteiger partial charge in [-0.3, -0.25) is 0 Å². The summed E-state index contributed by atoms with van der Waals surface area (Å²) in [6.07, 6.45) is 1.06. The number of nitrogens with one attached hydrogen (secondary N) is 1. The molecule has 0 saturated heterocycles. The Labute approximate surface area is 150 Å². The molecule has 1 N–H and O–H groups in total. The first-order valence-electron chi connectivity index (χ1n) is 7.03. The first-order valence-corrected chi connectivity index (χ1v) is 9.48. The Morgan fingerprint density at radius 1 is 1.10 bits per heavy atom. The van der Waals surface area contributed by atoms with E-state index >= 15 is 0 Å². The molecule has 1 nitrogen and oxygen atoms in total. The number of halogens is 2. The molecule has 0 saturated carbocycles. The number of thioether (sulfide) groups is 1. The van der Waals surface area contributed by atoms with E-state index in [9.17, 15) is 0 Å². The molecule has 0 radical (unpaired) electrons.